The fourth-order valence-electron chi connectivity index (χ4n) is 5.38. The number of carbonyl (C=O) groups excluding carboxylic acids is 2. The molecule has 0 saturated carbocycles. The van der Waals surface area contributed by atoms with Gasteiger partial charge in [-0.05, 0) is 24.7 Å². The first-order chi connectivity index (χ1) is 28.3. The van der Waals surface area contributed by atoms with E-state index in [9.17, 15) is 9.59 Å². The van der Waals surface area contributed by atoms with Crippen LogP contribution in [-0.2, 0) is 81.1 Å². The maximum absolute atomic E-state index is 12.7. The first-order valence-electron chi connectivity index (χ1n) is 20.3. The summed E-state index contributed by atoms with van der Waals surface area (Å²) in [7, 11) is 0. The van der Waals surface area contributed by atoms with E-state index >= 15 is 0 Å². The predicted molar refractivity (Wildman–Crippen MR) is 236 cm³/mol. The van der Waals surface area contributed by atoms with Crippen molar-refractivity contribution in [3.63, 3.8) is 0 Å². The third-order valence-electron chi connectivity index (χ3n) is 9.96. The number of ketones is 2. The lowest BCUT2D eigenvalue weighted by Gasteiger charge is -2.32. The summed E-state index contributed by atoms with van der Waals surface area (Å²) >= 11 is 2.12. The van der Waals surface area contributed by atoms with E-state index < -0.39 is 14.3 Å². The number of carbonyl (C=O) groups is 2. The minimum absolute atomic E-state index is 0.0407. The van der Waals surface area contributed by atoms with Gasteiger partial charge in [0, 0.05) is 18.3 Å². The minimum Gasteiger partial charge on any atom is -0.358 e. The third kappa shape index (κ3) is 16.3. The van der Waals surface area contributed by atoms with Gasteiger partial charge >= 0.3 is 0 Å². The summed E-state index contributed by atoms with van der Waals surface area (Å²) in [5.41, 5.74) is 3.24. The molecule has 0 fully saturated rings. The van der Waals surface area contributed by atoms with E-state index in [0.717, 1.165) is 22.5 Å². The SMILES string of the molecule is C=C(Cc1cn(COCC(COCn2cc(CC(=C)C(C)(C)C)nn2)(COCn2cc(CC(=O)C(C)(C)C)nn2)COCn2cc(CC(=O)C(C)(C)I)nn2)nn1)C(C)(C)C. The topological polar surface area (TPSA) is 194 Å². The number of nitrogens with zero attached hydrogens (tertiary/aromatic N) is 12. The number of halogens is 1. The van der Waals surface area contributed by atoms with Crippen LogP contribution in [0.15, 0.2) is 49.1 Å². The van der Waals surface area contributed by atoms with Crippen LogP contribution in [0.3, 0.4) is 0 Å². The van der Waals surface area contributed by atoms with Gasteiger partial charge in [-0.15, -0.1) is 20.4 Å². The zero-order valence-corrected chi connectivity index (χ0v) is 40.1. The Hall–Kier alpha value is -4.05. The molecule has 4 aromatic rings. The van der Waals surface area contributed by atoms with E-state index in [1.165, 1.54) is 4.68 Å². The lowest BCUT2D eigenvalue weighted by atomic mass is 9.85. The van der Waals surface area contributed by atoms with E-state index in [1.807, 2.05) is 47.0 Å². The molecule has 4 rings (SSSR count). The molecule has 4 heterocycles. The monoisotopic (exact) mass is 960 g/mol. The molecule has 19 heteroatoms. The Morgan fingerprint density at radius 2 is 0.770 bits per heavy atom. The summed E-state index contributed by atoms with van der Waals surface area (Å²) in [5.74, 6) is 0.104. The van der Waals surface area contributed by atoms with Gasteiger partial charge < -0.3 is 18.9 Å². The number of aromatic nitrogens is 12. The number of ether oxygens (including phenoxy) is 4. The normalized spacial score (nSPS) is 12.9. The fourth-order valence-corrected chi connectivity index (χ4v) is 5.57. The summed E-state index contributed by atoms with van der Waals surface area (Å²) in [4.78, 5) is 25.3. The number of rotatable bonds is 25. The van der Waals surface area contributed by atoms with Gasteiger partial charge in [-0.3, -0.25) is 9.59 Å². The summed E-state index contributed by atoms with van der Waals surface area (Å²) in [5, 5.41) is 34.0. The van der Waals surface area contributed by atoms with Gasteiger partial charge in [0.2, 0.25) is 0 Å². The first kappa shape index (κ1) is 49.6. The van der Waals surface area contributed by atoms with Gasteiger partial charge in [0.15, 0.2) is 5.78 Å². The number of alkyl halides is 1. The highest BCUT2D eigenvalue weighted by Crippen LogP contribution is 2.28. The van der Waals surface area contributed by atoms with Crippen molar-refractivity contribution in [2.45, 2.75) is 132 Å². The van der Waals surface area contributed by atoms with Crippen LogP contribution in [0.25, 0.3) is 0 Å². The van der Waals surface area contributed by atoms with Crippen LogP contribution >= 0.6 is 22.6 Å². The number of hydrogen-bond donors (Lipinski definition) is 0. The Morgan fingerprint density at radius 3 is 1.03 bits per heavy atom. The van der Waals surface area contributed by atoms with Gasteiger partial charge in [-0.25, -0.2) is 18.7 Å². The Kier molecular flexibility index (Phi) is 17.0. The van der Waals surface area contributed by atoms with Crippen LogP contribution in [0.1, 0.15) is 98.9 Å². The van der Waals surface area contributed by atoms with Crippen LogP contribution in [0.2, 0.25) is 0 Å². The Balaban J connectivity index is 1.53. The summed E-state index contributed by atoms with van der Waals surface area (Å²) in [6.07, 6.45) is 8.61. The van der Waals surface area contributed by atoms with E-state index in [-0.39, 0.29) is 88.6 Å². The Morgan fingerprint density at radius 1 is 0.492 bits per heavy atom. The first-order valence-corrected chi connectivity index (χ1v) is 21.4. The average Bonchev–Trinajstić information content (AvgIpc) is 3.97. The van der Waals surface area contributed by atoms with Crippen molar-refractivity contribution in [3.8, 4) is 0 Å². The van der Waals surface area contributed by atoms with Crippen molar-refractivity contribution >= 4 is 34.2 Å². The largest absolute Gasteiger partial charge is 0.358 e. The Bertz CT molecular complexity index is 1780. The summed E-state index contributed by atoms with van der Waals surface area (Å²) in [6, 6.07) is 0. The highest BCUT2D eigenvalue weighted by Gasteiger charge is 2.34. The third-order valence-corrected chi connectivity index (χ3v) is 10.6. The summed E-state index contributed by atoms with van der Waals surface area (Å²) in [6.45, 7) is 31.3. The molecular weight excluding hydrogens is 895 g/mol. The average molecular weight is 961 g/mol. The molecule has 61 heavy (non-hydrogen) atoms. The maximum atomic E-state index is 12.7. The molecule has 0 aliphatic rings. The molecule has 0 amide bonds. The second kappa shape index (κ2) is 20.9. The van der Waals surface area contributed by atoms with Crippen molar-refractivity contribution in [2.75, 3.05) is 26.4 Å². The quantitative estimate of drug-likeness (QED) is 0.0439. The minimum atomic E-state index is -0.899. The van der Waals surface area contributed by atoms with Gasteiger partial charge in [-0.1, -0.05) is 130 Å². The molecule has 0 aliphatic heterocycles. The van der Waals surface area contributed by atoms with Gasteiger partial charge in [0.05, 0.1) is 95.7 Å². The standard InChI is InChI=1S/C42H65IN12O6/c1-30(38(3,4)5)14-32-18-52(48-44-32)26-58-22-42(23-59-27-53-19-33(45-49-53)15-31(2)39(6,7)8,24-60-28-54-20-34(46-50-54)16-36(56)40(9,10)11)25-61-29-55-21-35(47-51-55)17-37(57)41(12,13)43/h18-21H,1-2,14-17,22-29H2,3-13H3. The molecule has 0 saturated heterocycles. The zero-order chi connectivity index (χ0) is 45.2. The molecule has 336 valence electrons. The number of Topliss-reactive ketones (excluding diaryl/α,β-unsaturated/α-hetero) is 2. The molecule has 0 aromatic carbocycles. The van der Waals surface area contributed by atoms with E-state index in [4.69, 9.17) is 18.9 Å². The van der Waals surface area contributed by atoms with Crippen molar-refractivity contribution in [1.29, 1.82) is 0 Å². The molecular formula is C42H65IN12O6. The molecule has 18 nitrogen and oxygen atoms in total. The van der Waals surface area contributed by atoms with Gasteiger partial charge in [0.25, 0.3) is 0 Å². The van der Waals surface area contributed by atoms with Crippen molar-refractivity contribution in [2.24, 2.45) is 21.7 Å². The second-order valence-electron chi connectivity index (χ2n) is 19.4. The van der Waals surface area contributed by atoms with Crippen molar-refractivity contribution < 1.29 is 28.5 Å². The molecule has 0 unspecified atom stereocenters. The Labute approximate surface area is 373 Å². The lowest BCUT2D eigenvalue weighted by Crippen LogP contribution is -2.42. The van der Waals surface area contributed by atoms with Gasteiger partial charge in [0.1, 0.15) is 32.7 Å². The highest BCUT2D eigenvalue weighted by molar-refractivity contribution is 14.1. The van der Waals surface area contributed by atoms with Gasteiger partial charge in [-0.2, -0.15) is 0 Å². The molecule has 4 aromatic heterocycles. The van der Waals surface area contributed by atoms with Crippen LogP contribution in [-0.4, -0.2) is 101 Å². The lowest BCUT2D eigenvalue weighted by molar-refractivity contribution is -0.140. The number of allylic oxidation sites excluding steroid dienone is 2. The van der Waals surface area contributed by atoms with Crippen LogP contribution in [0.5, 0.6) is 0 Å². The number of hydrogen-bond acceptors (Lipinski definition) is 14. The molecule has 0 N–H and O–H groups in total. The predicted octanol–water partition coefficient (Wildman–Crippen LogP) is 5.81. The molecule has 0 bridgehead atoms. The van der Waals surface area contributed by atoms with E-state index in [0.29, 0.717) is 24.2 Å². The van der Waals surface area contributed by atoms with E-state index in [2.05, 4.69) is 119 Å². The maximum Gasteiger partial charge on any atom is 0.154 e. The zero-order valence-electron chi connectivity index (χ0n) is 37.9. The van der Waals surface area contributed by atoms with Crippen LogP contribution in [0, 0.1) is 21.7 Å². The van der Waals surface area contributed by atoms with Crippen molar-refractivity contribution in [3.05, 3.63) is 71.9 Å². The highest BCUT2D eigenvalue weighted by atomic mass is 127. The fraction of sp³-hybridized carbons (Fsp3) is 0.667. The molecule has 0 atom stereocenters. The summed E-state index contributed by atoms with van der Waals surface area (Å²) < 4.78 is 31.0. The van der Waals surface area contributed by atoms with E-state index in [1.54, 1.807) is 26.4 Å². The molecule has 0 aliphatic carbocycles. The molecule has 0 spiro atoms. The van der Waals surface area contributed by atoms with Crippen LogP contribution in [0.4, 0.5) is 0 Å². The second-order valence-corrected chi connectivity index (χ2v) is 22.1. The van der Waals surface area contributed by atoms with Crippen LogP contribution < -0.4 is 0 Å². The smallest absolute Gasteiger partial charge is 0.154 e. The molecule has 0 radical (unpaired) electrons. The van der Waals surface area contributed by atoms with Crippen molar-refractivity contribution in [1.82, 2.24) is 60.0 Å².